The zero-order valence-corrected chi connectivity index (χ0v) is 13.6. The van der Waals surface area contributed by atoms with E-state index in [2.05, 4.69) is 25.7 Å². The highest BCUT2D eigenvalue weighted by atomic mass is 16.5. The van der Waals surface area contributed by atoms with Crippen molar-refractivity contribution in [3.05, 3.63) is 11.6 Å². The SMILES string of the molecule is CCCC[NH+](CC#C/C(C)=C/COC(C)=O)CCCC. The van der Waals surface area contributed by atoms with Crippen LogP contribution in [0.15, 0.2) is 11.6 Å². The van der Waals surface area contributed by atoms with E-state index in [9.17, 15) is 4.79 Å². The molecule has 0 bridgehead atoms. The molecule has 1 N–H and O–H groups in total. The zero-order valence-electron chi connectivity index (χ0n) is 13.6. The zero-order chi connectivity index (χ0) is 15.2. The Hall–Kier alpha value is -1.27. The molecule has 3 nitrogen and oxygen atoms in total. The number of nitrogens with one attached hydrogen (secondary N) is 1. The van der Waals surface area contributed by atoms with Crippen LogP contribution >= 0.6 is 0 Å². The summed E-state index contributed by atoms with van der Waals surface area (Å²) in [6.45, 7) is 11.5. The molecule has 0 aromatic rings. The molecule has 0 saturated heterocycles. The number of quaternary nitrogens is 1. The molecule has 0 heterocycles. The number of esters is 1. The molecule has 3 heteroatoms. The molecule has 0 saturated carbocycles. The van der Waals surface area contributed by atoms with E-state index in [0.717, 1.165) is 12.1 Å². The number of rotatable bonds is 9. The minimum absolute atomic E-state index is 0.253. The first-order chi connectivity index (χ1) is 9.60. The second-order valence-electron chi connectivity index (χ2n) is 5.13. The standard InChI is InChI=1S/C17H29NO2/c1-5-7-12-18(13-8-6-2)14-9-10-16(3)11-15-20-17(4)19/h11H,5-8,12-15H2,1-4H3/p+1/b16-11+. The number of allylic oxidation sites excluding steroid dienone is 1. The predicted octanol–water partition coefficient (Wildman–Crippen LogP) is 1.98. The summed E-state index contributed by atoms with van der Waals surface area (Å²) in [5.41, 5.74) is 0.969. The van der Waals surface area contributed by atoms with Gasteiger partial charge in [0.15, 0.2) is 0 Å². The van der Waals surface area contributed by atoms with Crippen molar-refractivity contribution in [3.63, 3.8) is 0 Å². The summed E-state index contributed by atoms with van der Waals surface area (Å²) < 4.78 is 4.86. The molecule has 0 spiro atoms. The van der Waals surface area contributed by atoms with Gasteiger partial charge in [0.1, 0.15) is 13.2 Å². The number of hydrogen-bond donors (Lipinski definition) is 1. The van der Waals surface area contributed by atoms with Crippen molar-refractivity contribution in [1.82, 2.24) is 0 Å². The average molecular weight is 280 g/mol. The van der Waals surface area contributed by atoms with Crippen LogP contribution in [-0.4, -0.2) is 32.2 Å². The molecule has 0 atom stereocenters. The van der Waals surface area contributed by atoms with Crippen LogP contribution in [0.1, 0.15) is 53.4 Å². The van der Waals surface area contributed by atoms with Gasteiger partial charge in [0.25, 0.3) is 0 Å². The van der Waals surface area contributed by atoms with Gasteiger partial charge in [-0.3, -0.25) is 4.79 Å². The van der Waals surface area contributed by atoms with Crippen LogP contribution in [-0.2, 0) is 9.53 Å². The Morgan fingerprint density at radius 3 is 2.25 bits per heavy atom. The lowest BCUT2D eigenvalue weighted by atomic mass is 10.2. The Bertz CT molecular complexity index is 342. The van der Waals surface area contributed by atoms with Crippen LogP contribution in [0.2, 0.25) is 0 Å². The highest BCUT2D eigenvalue weighted by molar-refractivity contribution is 5.66. The number of unbranched alkanes of at least 4 members (excludes halogenated alkanes) is 2. The minimum Gasteiger partial charge on any atom is -0.462 e. The van der Waals surface area contributed by atoms with Gasteiger partial charge >= 0.3 is 5.97 Å². The second kappa shape index (κ2) is 12.7. The van der Waals surface area contributed by atoms with E-state index in [4.69, 9.17) is 4.74 Å². The molecule has 0 fully saturated rings. The van der Waals surface area contributed by atoms with Crippen molar-refractivity contribution >= 4 is 5.97 Å². The van der Waals surface area contributed by atoms with Crippen molar-refractivity contribution in [2.24, 2.45) is 0 Å². The first-order valence-corrected chi connectivity index (χ1v) is 7.72. The van der Waals surface area contributed by atoms with Gasteiger partial charge in [-0.1, -0.05) is 32.6 Å². The second-order valence-corrected chi connectivity index (χ2v) is 5.13. The van der Waals surface area contributed by atoms with Gasteiger partial charge in [-0.25, -0.2) is 0 Å². The molecular formula is C17H30NO2+. The van der Waals surface area contributed by atoms with Gasteiger partial charge in [0, 0.05) is 6.92 Å². The fourth-order valence-corrected chi connectivity index (χ4v) is 1.80. The molecule has 0 aliphatic heterocycles. The molecule has 0 aromatic carbocycles. The van der Waals surface area contributed by atoms with Crippen LogP contribution in [0.4, 0.5) is 0 Å². The summed E-state index contributed by atoms with van der Waals surface area (Å²) in [6, 6.07) is 0. The average Bonchev–Trinajstić information content (AvgIpc) is 2.40. The predicted molar refractivity (Wildman–Crippen MR) is 83.5 cm³/mol. The number of carbonyl (C=O) groups excluding carboxylic acids is 1. The van der Waals surface area contributed by atoms with Gasteiger partial charge in [0.2, 0.25) is 0 Å². The topological polar surface area (TPSA) is 30.7 Å². The molecule has 0 amide bonds. The lowest BCUT2D eigenvalue weighted by molar-refractivity contribution is -0.893. The van der Waals surface area contributed by atoms with Gasteiger partial charge in [-0.2, -0.15) is 0 Å². The molecular weight excluding hydrogens is 250 g/mol. The van der Waals surface area contributed by atoms with Crippen LogP contribution in [0, 0.1) is 11.8 Å². The van der Waals surface area contributed by atoms with Crippen LogP contribution in [0.3, 0.4) is 0 Å². The molecule has 0 unspecified atom stereocenters. The highest BCUT2D eigenvalue weighted by Gasteiger charge is 2.04. The van der Waals surface area contributed by atoms with Gasteiger partial charge < -0.3 is 9.64 Å². The highest BCUT2D eigenvalue weighted by Crippen LogP contribution is 1.89. The molecule has 20 heavy (non-hydrogen) atoms. The van der Waals surface area contributed by atoms with Gasteiger partial charge in [0.05, 0.1) is 13.1 Å². The summed E-state index contributed by atoms with van der Waals surface area (Å²) in [4.78, 5) is 12.2. The largest absolute Gasteiger partial charge is 0.462 e. The summed E-state index contributed by atoms with van der Waals surface area (Å²) in [5.74, 6) is 6.13. The van der Waals surface area contributed by atoms with Gasteiger partial charge in [-0.15, -0.1) is 0 Å². The Balaban J connectivity index is 4.16. The number of carbonyl (C=O) groups is 1. The van der Waals surface area contributed by atoms with E-state index in [-0.39, 0.29) is 5.97 Å². The Labute approximate surface area is 124 Å². The lowest BCUT2D eigenvalue weighted by Crippen LogP contribution is -3.12. The smallest absolute Gasteiger partial charge is 0.302 e. The summed E-state index contributed by atoms with van der Waals surface area (Å²) in [7, 11) is 0. The van der Waals surface area contributed by atoms with Crippen LogP contribution in [0.5, 0.6) is 0 Å². The third kappa shape index (κ3) is 11.8. The molecule has 0 radical (unpaired) electrons. The molecule has 0 aliphatic rings. The monoisotopic (exact) mass is 280 g/mol. The Kier molecular flexibility index (Phi) is 11.9. The van der Waals surface area contributed by atoms with E-state index in [1.165, 1.54) is 45.7 Å². The lowest BCUT2D eigenvalue weighted by Gasteiger charge is -2.15. The van der Waals surface area contributed by atoms with Crippen molar-refractivity contribution in [2.45, 2.75) is 53.4 Å². The van der Waals surface area contributed by atoms with Crippen LogP contribution in [0.25, 0.3) is 0 Å². The van der Waals surface area contributed by atoms with Crippen molar-refractivity contribution < 1.29 is 14.4 Å². The quantitative estimate of drug-likeness (QED) is 0.517. The molecule has 114 valence electrons. The summed E-state index contributed by atoms with van der Waals surface area (Å²) >= 11 is 0. The van der Waals surface area contributed by atoms with E-state index in [0.29, 0.717) is 6.61 Å². The fourth-order valence-electron chi connectivity index (χ4n) is 1.80. The maximum absolute atomic E-state index is 10.6. The Morgan fingerprint density at radius 1 is 1.15 bits per heavy atom. The molecule has 0 aliphatic carbocycles. The number of hydrogen-bond acceptors (Lipinski definition) is 2. The third-order valence-corrected chi connectivity index (χ3v) is 3.07. The van der Waals surface area contributed by atoms with Crippen molar-refractivity contribution in [3.8, 4) is 11.8 Å². The van der Waals surface area contributed by atoms with Crippen LogP contribution < -0.4 is 4.90 Å². The van der Waals surface area contributed by atoms with E-state index >= 15 is 0 Å². The van der Waals surface area contributed by atoms with Gasteiger partial charge in [-0.05, 0) is 37.3 Å². The third-order valence-electron chi connectivity index (χ3n) is 3.07. The van der Waals surface area contributed by atoms with E-state index in [1.807, 2.05) is 13.0 Å². The normalized spacial score (nSPS) is 11.2. The fraction of sp³-hybridized carbons (Fsp3) is 0.706. The summed E-state index contributed by atoms with van der Waals surface area (Å²) in [5, 5.41) is 0. The van der Waals surface area contributed by atoms with E-state index < -0.39 is 0 Å². The number of ether oxygens (including phenoxy) is 1. The first-order valence-electron chi connectivity index (χ1n) is 7.72. The molecule has 0 aromatic heterocycles. The van der Waals surface area contributed by atoms with E-state index in [1.54, 1.807) is 4.90 Å². The molecule has 0 rings (SSSR count). The van der Waals surface area contributed by atoms with Crippen molar-refractivity contribution in [1.29, 1.82) is 0 Å². The van der Waals surface area contributed by atoms with Crippen molar-refractivity contribution in [2.75, 3.05) is 26.2 Å². The maximum Gasteiger partial charge on any atom is 0.302 e. The first kappa shape index (κ1) is 18.7. The Morgan fingerprint density at radius 2 is 1.75 bits per heavy atom. The maximum atomic E-state index is 10.6. The minimum atomic E-state index is -0.253. The summed E-state index contributed by atoms with van der Waals surface area (Å²) in [6.07, 6.45) is 6.87.